The summed E-state index contributed by atoms with van der Waals surface area (Å²) in [6.07, 6.45) is 2.82. The van der Waals surface area contributed by atoms with Crippen molar-refractivity contribution in [3.8, 4) is 11.5 Å². The average molecular weight is 566 g/mol. The van der Waals surface area contributed by atoms with E-state index in [9.17, 15) is 9.59 Å². The van der Waals surface area contributed by atoms with Crippen LogP contribution in [0.5, 0.6) is 11.5 Å². The standard InChI is InChI=1S/C34H35N3O5/c1-22-30-26(36-37-33(38)31(24-11-6-4-7-12-24)25-13-8-5-9-14-25)15-10-16-28(30)42-32(22)34(39)35-20-19-23-17-18-27(40-2)29(21-23)41-3/h4-9,11-14,17-18,21,31H,10,15-16,19-20H2,1-3H3,(H,35,39)(H,37,38)/b36-26+. The molecule has 42 heavy (non-hydrogen) atoms. The third kappa shape index (κ3) is 6.22. The van der Waals surface area contributed by atoms with Crippen LogP contribution in [-0.2, 0) is 17.6 Å². The highest BCUT2D eigenvalue weighted by molar-refractivity contribution is 6.06. The van der Waals surface area contributed by atoms with Gasteiger partial charge >= 0.3 is 0 Å². The number of nitrogens with zero attached hydrogens (tertiary/aromatic N) is 1. The van der Waals surface area contributed by atoms with Gasteiger partial charge in [0.2, 0.25) is 0 Å². The molecule has 4 aromatic rings. The Labute approximate surface area is 245 Å². The zero-order chi connectivity index (χ0) is 29.5. The molecule has 0 bridgehead atoms. The topological polar surface area (TPSA) is 102 Å². The lowest BCUT2D eigenvalue weighted by Gasteiger charge is -2.18. The number of carbonyl (C=O) groups excluding carboxylic acids is 2. The van der Waals surface area contributed by atoms with Gasteiger partial charge in [-0.1, -0.05) is 66.7 Å². The summed E-state index contributed by atoms with van der Waals surface area (Å²) in [6, 6.07) is 25.0. The molecule has 8 heteroatoms. The molecule has 3 aromatic carbocycles. The predicted molar refractivity (Wildman–Crippen MR) is 161 cm³/mol. The van der Waals surface area contributed by atoms with Gasteiger partial charge in [0.15, 0.2) is 17.3 Å². The van der Waals surface area contributed by atoms with E-state index in [0.717, 1.165) is 45.7 Å². The second-order valence-corrected chi connectivity index (χ2v) is 10.2. The summed E-state index contributed by atoms with van der Waals surface area (Å²) in [7, 11) is 3.19. The van der Waals surface area contributed by atoms with Crippen LogP contribution >= 0.6 is 0 Å². The quantitative estimate of drug-likeness (QED) is 0.245. The molecule has 1 aliphatic carbocycles. The molecule has 0 spiro atoms. The zero-order valence-corrected chi connectivity index (χ0v) is 24.1. The first kappa shape index (κ1) is 28.7. The van der Waals surface area contributed by atoms with Crippen LogP contribution in [-0.4, -0.2) is 38.3 Å². The average Bonchev–Trinajstić information content (AvgIpc) is 3.38. The van der Waals surface area contributed by atoms with Crippen molar-refractivity contribution in [2.24, 2.45) is 5.10 Å². The Kier molecular flexibility index (Phi) is 9.02. The summed E-state index contributed by atoms with van der Waals surface area (Å²) in [6.45, 7) is 2.29. The van der Waals surface area contributed by atoms with Gasteiger partial charge in [0.05, 0.1) is 25.8 Å². The second-order valence-electron chi connectivity index (χ2n) is 10.2. The van der Waals surface area contributed by atoms with Crippen molar-refractivity contribution < 1.29 is 23.5 Å². The highest BCUT2D eigenvalue weighted by Gasteiger charge is 2.29. The molecule has 8 nitrogen and oxygen atoms in total. The number of nitrogens with one attached hydrogen (secondary N) is 2. The Morgan fingerprint density at radius 2 is 1.57 bits per heavy atom. The van der Waals surface area contributed by atoms with Crippen molar-refractivity contribution in [1.82, 2.24) is 10.7 Å². The van der Waals surface area contributed by atoms with Crippen LogP contribution in [0.3, 0.4) is 0 Å². The van der Waals surface area contributed by atoms with Gasteiger partial charge in [-0.05, 0) is 55.0 Å². The van der Waals surface area contributed by atoms with Crippen molar-refractivity contribution >= 4 is 17.5 Å². The molecule has 0 unspecified atom stereocenters. The molecule has 0 saturated heterocycles. The molecule has 0 saturated carbocycles. The molecule has 0 atom stereocenters. The van der Waals surface area contributed by atoms with Gasteiger partial charge in [-0.2, -0.15) is 5.10 Å². The van der Waals surface area contributed by atoms with Gasteiger partial charge < -0.3 is 19.2 Å². The minimum atomic E-state index is -0.503. The number of amides is 2. The van der Waals surface area contributed by atoms with E-state index < -0.39 is 5.92 Å². The first-order valence-corrected chi connectivity index (χ1v) is 14.1. The third-order valence-electron chi connectivity index (χ3n) is 7.51. The van der Waals surface area contributed by atoms with Gasteiger partial charge in [-0.25, -0.2) is 5.43 Å². The van der Waals surface area contributed by atoms with E-state index in [1.54, 1.807) is 14.2 Å². The molecule has 0 aliphatic heterocycles. The number of hydrogen-bond acceptors (Lipinski definition) is 6. The lowest BCUT2D eigenvalue weighted by atomic mass is 9.90. The first-order chi connectivity index (χ1) is 20.5. The number of ether oxygens (including phenoxy) is 2. The fraction of sp³-hybridized carbons (Fsp3) is 0.265. The van der Waals surface area contributed by atoms with Crippen LogP contribution in [0.15, 0.2) is 88.4 Å². The summed E-state index contributed by atoms with van der Waals surface area (Å²) >= 11 is 0. The number of hydrazone groups is 1. The van der Waals surface area contributed by atoms with Crippen LogP contribution in [0.1, 0.15) is 62.9 Å². The summed E-state index contributed by atoms with van der Waals surface area (Å²) in [5.74, 6) is 1.30. The minimum absolute atomic E-state index is 0.221. The Morgan fingerprint density at radius 3 is 2.21 bits per heavy atom. The largest absolute Gasteiger partial charge is 0.493 e. The van der Waals surface area contributed by atoms with Gasteiger partial charge in [-0.15, -0.1) is 0 Å². The van der Waals surface area contributed by atoms with Crippen LogP contribution < -0.4 is 20.2 Å². The fourth-order valence-electron chi connectivity index (χ4n) is 5.41. The summed E-state index contributed by atoms with van der Waals surface area (Å²) in [5, 5.41) is 7.53. The van der Waals surface area contributed by atoms with Crippen molar-refractivity contribution in [3.05, 3.63) is 118 Å². The van der Waals surface area contributed by atoms with E-state index in [2.05, 4.69) is 15.8 Å². The van der Waals surface area contributed by atoms with E-state index in [0.29, 0.717) is 37.3 Å². The molecule has 2 amide bonds. The van der Waals surface area contributed by atoms with E-state index in [-0.39, 0.29) is 17.6 Å². The number of furan rings is 1. The molecule has 1 aliphatic rings. The number of benzene rings is 3. The molecule has 0 radical (unpaired) electrons. The lowest BCUT2D eigenvalue weighted by Crippen LogP contribution is -2.28. The number of fused-ring (bicyclic) bond motifs is 1. The van der Waals surface area contributed by atoms with Crippen molar-refractivity contribution in [2.75, 3.05) is 20.8 Å². The third-order valence-corrected chi connectivity index (χ3v) is 7.51. The van der Waals surface area contributed by atoms with E-state index in [1.165, 1.54) is 0 Å². The SMILES string of the molecule is COc1ccc(CCNC(=O)c2oc3c(c2C)/C(=N/NC(=O)C(c2ccccc2)c2ccccc2)CCC3)cc1OC. The maximum atomic E-state index is 13.5. The van der Waals surface area contributed by atoms with Crippen LogP contribution in [0, 0.1) is 6.92 Å². The number of methoxy groups -OCH3 is 2. The Balaban J connectivity index is 1.30. The predicted octanol–water partition coefficient (Wildman–Crippen LogP) is 5.57. The van der Waals surface area contributed by atoms with E-state index in [4.69, 9.17) is 13.9 Å². The van der Waals surface area contributed by atoms with Crippen LogP contribution in [0.4, 0.5) is 0 Å². The van der Waals surface area contributed by atoms with Gasteiger partial charge in [0.1, 0.15) is 5.76 Å². The van der Waals surface area contributed by atoms with Gasteiger partial charge in [0, 0.05) is 24.1 Å². The highest BCUT2D eigenvalue weighted by atomic mass is 16.5. The summed E-state index contributed by atoms with van der Waals surface area (Å²) < 4.78 is 16.7. The molecular formula is C34H35N3O5. The maximum absolute atomic E-state index is 13.5. The van der Waals surface area contributed by atoms with E-state index in [1.807, 2.05) is 85.8 Å². The fourth-order valence-corrected chi connectivity index (χ4v) is 5.41. The molecule has 5 rings (SSSR count). The maximum Gasteiger partial charge on any atom is 0.287 e. The number of carbonyl (C=O) groups is 2. The zero-order valence-electron chi connectivity index (χ0n) is 24.1. The van der Waals surface area contributed by atoms with Crippen LogP contribution in [0.25, 0.3) is 0 Å². The van der Waals surface area contributed by atoms with Crippen LogP contribution in [0.2, 0.25) is 0 Å². The first-order valence-electron chi connectivity index (χ1n) is 14.1. The lowest BCUT2D eigenvalue weighted by molar-refractivity contribution is -0.121. The number of rotatable bonds is 10. The molecule has 216 valence electrons. The smallest absolute Gasteiger partial charge is 0.287 e. The Morgan fingerprint density at radius 1 is 0.905 bits per heavy atom. The highest BCUT2D eigenvalue weighted by Crippen LogP contribution is 2.31. The molecule has 1 aromatic heterocycles. The minimum Gasteiger partial charge on any atom is -0.493 e. The molecular weight excluding hydrogens is 530 g/mol. The van der Waals surface area contributed by atoms with Crippen molar-refractivity contribution in [1.29, 1.82) is 0 Å². The normalized spacial score (nSPS) is 13.5. The summed E-state index contributed by atoms with van der Waals surface area (Å²) in [4.78, 5) is 26.6. The Hall–Kier alpha value is -4.85. The summed E-state index contributed by atoms with van der Waals surface area (Å²) in [5.41, 5.74) is 7.85. The number of aryl methyl sites for hydroxylation is 1. The monoisotopic (exact) mass is 565 g/mol. The molecule has 1 heterocycles. The van der Waals surface area contributed by atoms with Crippen molar-refractivity contribution in [2.45, 2.75) is 38.5 Å². The van der Waals surface area contributed by atoms with E-state index >= 15 is 0 Å². The van der Waals surface area contributed by atoms with Gasteiger partial charge in [0.25, 0.3) is 11.8 Å². The molecule has 2 N–H and O–H groups in total. The van der Waals surface area contributed by atoms with Gasteiger partial charge in [-0.3, -0.25) is 9.59 Å². The Bertz CT molecular complexity index is 1540. The van der Waals surface area contributed by atoms with Crippen molar-refractivity contribution in [3.63, 3.8) is 0 Å². The molecule has 0 fully saturated rings. The second kappa shape index (κ2) is 13.2. The number of hydrogen-bond donors (Lipinski definition) is 2.